The molecule has 1 atom stereocenters. The van der Waals surface area contributed by atoms with Crippen molar-refractivity contribution in [2.75, 3.05) is 0 Å². The predicted molar refractivity (Wildman–Crippen MR) is 144 cm³/mol. The largest absolute Gasteiger partial charge is 0.386 e. The monoisotopic (exact) mass is 552 g/mol. The van der Waals surface area contributed by atoms with Gasteiger partial charge in [0.25, 0.3) is 12.3 Å². The average Bonchev–Trinajstić information content (AvgIpc) is 2.65. The Morgan fingerprint density at radius 2 is 1.54 bits per heavy atom. The standard InChI is InChI=1S/C24H31F3N2O3S.2H2S/c1-13(2)17-9-15(23(26)27)10-18(14(3)4)19(17)12-22(30)29-33(28,32)21-8-7-16(11-20(21)25)24(5,6)31;;/h7-11,13-14,23,31H,12H2,1-6H3,(H2,28,29,30,32);2*1H2. The maximum atomic E-state index is 14.6. The van der Waals surface area contributed by atoms with Gasteiger partial charge < -0.3 is 5.11 Å². The van der Waals surface area contributed by atoms with Gasteiger partial charge in [0.15, 0.2) is 0 Å². The molecule has 11 heteroatoms. The topological polar surface area (TPSA) is 92.8 Å². The summed E-state index contributed by atoms with van der Waals surface area (Å²) < 4.78 is 58.0. The Morgan fingerprint density at radius 3 is 1.91 bits per heavy atom. The third kappa shape index (κ3) is 8.24. The number of carbonyl (C=O) groups excluding carboxylic acids is 1. The lowest BCUT2D eigenvalue weighted by molar-refractivity contribution is -0.117. The van der Waals surface area contributed by atoms with Gasteiger partial charge in [0.05, 0.1) is 16.9 Å². The van der Waals surface area contributed by atoms with Gasteiger partial charge in [0.2, 0.25) is 0 Å². The average molecular weight is 553 g/mol. The van der Waals surface area contributed by atoms with Crippen LogP contribution >= 0.6 is 27.0 Å². The van der Waals surface area contributed by atoms with Crippen molar-refractivity contribution < 1.29 is 27.3 Å². The molecule has 198 valence electrons. The Balaban J connectivity index is 0.00000578. The number of rotatable bonds is 7. The van der Waals surface area contributed by atoms with Gasteiger partial charge in [-0.2, -0.15) is 27.0 Å². The Labute approximate surface area is 219 Å². The molecule has 3 N–H and O–H groups in total. The summed E-state index contributed by atoms with van der Waals surface area (Å²) in [6.45, 7) is 10.2. The first-order valence-electron chi connectivity index (χ1n) is 10.6. The highest BCUT2D eigenvalue weighted by atomic mass is 32.2. The Kier molecular flexibility index (Phi) is 12.1. The molecule has 0 aromatic heterocycles. The van der Waals surface area contributed by atoms with Crippen LogP contribution in [0.5, 0.6) is 0 Å². The van der Waals surface area contributed by atoms with E-state index >= 15 is 0 Å². The molecular formula is C24H35F3N2O3S3. The summed E-state index contributed by atoms with van der Waals surface area (Å²) in [5, 5.41) is 15.8. The molecule has 1 unspecified atom stereocenters. The van der Waals surface area contributed by atoms with Crippen molar-refractivity contribution in [3.05, 3.63) is 64.0 Å². The van der Waals surface area contributed by atoms with E-state index in [1.807, 2.05) is 27.7 Å². The van der Waals surface area contributed by atoms with Crippen LogP contribution < -0.4 is 5.14 Å². The highest BCUT2D eigenvalue weighted by molar-refractivity contribution is 7.91. The van der Waals surface area contributed by atoms with E-state index in [4.69, 9.17) is 5.14 Å². The molecule has 0 bridgehead atoms. The Bertz CT molecular complexity index is 1140. The van der Waals surface area contributed by atoms with Gasteiger partial charge in [-0.1, -0.05) is 33.8 Å². The van der Waals surface area contributed by atoms with E-state index in [9.17, 15) is 27.3 Å². The third-order valence-electron chi connectivity index (χ3n) is 5.36. The van der Waals surface area contributed by atoms with E-state index in [0.717, 1.165) is 12.1 Å². The zero-order valence-corrected chi connectivity index (χ0v) is 23.5. The quantitative estimate of drug-likeness (QED) is 0.446. The smallest absolute Gasteiger partial charge is 0.263 e. The number of amides is 1. The Hall–Kier alpha value is -1.53. The normalized spacial score (nSPS) is 13.3. The van der Waals surface area contributed by atoms with Crippen LogP contribution in [-0.2, 0) is 26.7 Å². The van der Waals surface area contributed by atoms with Crippen molar-refractivity contribution in [1.82, 2.24) is 0 Å². The van der Waals surface area contributed by atoms with Crippen molar-refractivity contribution in [3.8, 4) is 0 Å². The second-order valence-corrected chi connectivity index (χ2v) is 11.0. The SMILES string of the molecule is CC(C)c1cc(C(F)F)cc(C(C)C)c1CC(=O)N=S(N)(=O)c1ccc(C(C)(C)O)cc1F.S.S. The van der Waals surface area contributed by atoms with Gasteiger partial charge >= 0.3 is 0 Å². The fourth-order valence-electron chi connectivity index (χ4n) is 3.60. The molecule has 0 aliphatic rings. The van der Waals surface area contributed by atoms with Crippen molar-refractivity contribution in [2.45, 2.75) is 76.7 Å². The van der Waals surface area contributed by atoms with Gasteiger partial charge in [-0.05, 0) is 72.2 Å². The molecule has 0 aliphatic heterocycles. The molecule has 2 aromatic carbocycles. The van der Waals surface area contributed by atoms with Crippen LogP contribution in [0.4, 0.5) is 13.2 Å². The number of carbonyl (C=O) groups is 1. The van der Waals surface area contributed by atoms with Crippen molar-refractivity contribution in [2.24, 2.45) is 9.50 Å². The summed E-state index contributed by atoms with van der Waals surface area (Å²) >= 11 is 0. The third-order valence-corrected chi connectivity index (χ3v) is 6.79. The van der Waals surface area contributed by atoms with Crippen LogP contribution in [0.1, 0.15) is 87.6 Å². The van der Waals surface area contributed by atoms with E-state index in [-0.39, 0.29) is 56.4 Å². The van der Waals surface area contributed by atoms with Crippen molar-refractivity contribution in [1.29, 1.82) is 0 Å². The first kappa shape index (κ1) is 33.5. The maximum Gasteiger partial charge on any atom is 0.263 e. The molecule has 1 amide bonds. The summed E-state index contributed by atoms with van der Waals surface area (Å²) in [7, 11) is -3.91. The van der Waals surface area contributed by atoms with Crippen LogP contribution in [0.2, 0.25) is 0 Å². The number of halogens is 3. The molecule has 0 aliphatic carbocycles. The van der Waals surface area contributed by atoms with Crippen LogP contribution in [0.3, 0.4) is 0 Å². The minimum Gasteiger partial charge on any atom is -0.386 e. The first-order chi connectivity index (χ1) is 15.0. The van der Waals surface area contributed by atoms with E-state index in [1.54, 1.807) is 0 Å². The van der Waals surface area contributed by atoms with Crippen LogP contribution in [0.25, 0.3) is 0 Å². The van der Waals surface area contributed by atoms with Gasteiger partial charge in [-0.15, -0.1) is 4.36 Å². The second-order valence-electron chi connectivity index (χ2n) is 9.22. The van der Waals surface area contributed by atoms with Gasteiger partial charge in [-0.25, -0.2) is 22.5 Å². The van der Waals surface area contributed by atoms with Crippen LogP contribution in [0, 0.1) is 5.82 Å². The predicted octanol–water partition coefficient (Wildman–Crippen LogP) is 5.93. The number of benzene rings is 2. The molecule has 0 saturated heterocycles. The molecule has 0 spiro atoms. The van der Waals surface area contributed by atoms with Crippen molar-refractivity contribution in [3.63, 3.8) is 0 Å². The zero-order chi connectivity index (χ0) is 25.3. The Morgan fingerprint density at radius 1 is 1.06 bits per heavy atom. The van der Waals surface area contributed by atoms with Gasteiger partial charge in [0.1, 0.15) is 15.7 Å². The second kappa shape index (κ2) is 12.6. The fourth-order valence-corrected chi connectivity index (χ4v) is 4.67. The van der Waals surface area contributed by atoms with Crippen molar-refractivity contribution >= 4 is 42.8 Å². The summed E-state index contributed by atoms with van der Waals surface area (Å²) in [6.07, 6.45) is -2.96. The highest BCUT2D eigenvalue weighted by Crippen LogP contribution is 2.33. The number of hydrogen-bond acceptors (Lipinski definition) is 3. The number of hydrogen-bond donors (Lipinski definition) is 2. The van der Waals surface area contributed by atoms with Crippen LogP contribution in [0.15, 0.2) is 39.6 Å². The van der Waals surface area contributed by atoms with Gasteiger partial charge in [-0.3, -0.25) is 4.79 Å². The summed E-state index contributed by atoms with van der Waals surface area (Å²) in [5.41, 5.74) is 0.464. The lowest BCUT2D eigenvalue weighted by Crippen LogP contribution is -2.20. The van der Waals surface area contributed by atoms with E-state index in [2.05, 4.69) is 4.36 Å². The van der Waals surface area contributed by atoms with E-state index in [0.29, 0.717) is 16.7 Å². The summed E-state index contributed by atoms with van der Waals surface area (Å²) in [4.78, 5) is 12.3. The molecule has 0 heterocycles. The molecule has 0 fully saturated rings. The molecule has 2 rings (SSSR count). The first-order valence-corrected chi connectivity index (χ1v) is 12.2. The fraction of sp³-hybridized carbons (Fsp3) is 0.458. The summed E-state index contributed by atoms with van der Waals surface area (Å²) in [6, 6.07) is 6.25. The maximum absolute atomic E-state index is 14.6. The molecule has 0 radical (unpaired) electrons. The minimum atomic E-state index is -3.91. The van der Waals surface area contributed by atoms with Crippen LogP contribution in [-0.4, -0.2) is 15.2 Å². The molecular weight excluding hydrogens is 517 g/mol. The lowest BCUT2D eigenvalue weighted by Gasteiger charge is -2.21. The zero-order valence-electron chi connectivity index (χ0n) is 20.7. The lowest BCUT2D eigenvalue weighted by atomic mass is 9.85. The summed E-state index contributed by atoms with van der Waals surface area (Å²) in [5.74, 6) is -2.11. The molecule has 0 saturated carbocycles. The number of nitrogens with zero attached hydrogens (tertiary/aromatic N) is 1. The number of nitrogens with two attached hydrogens (primary N) is 1. The number of alkyl halides is 2. The van der Waals surface area contributed by atoms with Gasteiger partial charge in [0, 0.05) is 5.56 Å². The van der Waals surface area contributed by atoms with E-state index < -0.39 is 38.6 Å². The molecule has 35 heavy (non-hydrogen) atoms. The number of aliphatic hydroxyl groups is 1. The molecule has 2 aromatic rings. The molecule has 5 nitrogen and oxygen atoms in total. The van der Waals surface area contributed by atoms with E-state index in [1.165, 1.54) is 32.0 Å². The highest BCUT2D eigenvalue weighted by Gasteiger charge is 2.24. The minimum absolute atomic E-state index is 0.